The van der Waals surface area contributed by atoms with Gasteiger partial charge in [0.1, 0.15) is 6.61 Å². The highest BCUT2D eigenvalue weighted by molar-refractivity contribution is 5.77. The minimum absolute atomic E-state index is 0.00287. The van der Waals surface area contributed by atoms with Crippen LogP contribution in [-0.4, -0.2) is 25.2 Å². The highest BCUT2D eigenvalue weighted by atomic mass is 16.5. The summed E-state index contributed by atoms with van der Waals surface area (Å²) in [7, 11) is 0. The van der Waals surface area contributed by atoms with Crippen molar-refractivity contribution >= 4 is 5.91 Å². The first-order valence-corrected chi connectivity index (χ1v) is 3.58. The van der Waals surface area contributed by atoms with Gasteiger partial charge in [-0.2, -0.15) is 0 Å². The van der Waals surface area contributed by atoms with Crippen molar-refractivity contribution in [3.8, 4) is 0 Å². The molecule has 1 heterocycles. The second-order valence-corrected chi connectivity index (χ2v) is 2.90. The van der Waals surface area contributed by atoms with E-state index in [0.29, 0.717) is 12.5 Å². The molecular formula is C7H13NO2. The summed E-state index contributed by atoms with van der Waals surface area (Å²) in [5.74, 6) is 0.484. The molecule has 0 spiro atoms. The average molecular weight is 143 g/mol. The molecule has 0 aromatic heterocycles. The zero-order valence-corrected chi connectivity index (χ0v) is 6.39. The van der Waals surface area contributed by atoms with Gasteiger partial charge in [-0.05, 0) is 5.92 Å². The van der Waals surface area contributed by atoms with Crippen LogP contribution < -0.4 is 5.32 Å². The molecule has 3 nitrogen and oxygen atoms in total. The summed E-state index contributed by atoms with van der Waals surface area (Å²) in [6, 6.07) is 0. The van der Waals surface area contributed by atoms with Crippen molar-refractivity contribution in [2.75, 3.05) is 13.2 Å². The van der Waals surface area contributed by atoms with Gasteiger partial charge in [-0.1, -0.05) is 13.8 Å². The van der Waals surface area contributed by atoms with Crippen molar-refractivity contribution in [2.45, 2.75) is 20.0 Å². The molecule has 10 heavy (non-hydrogen) atoms. The van der Waals surface area contributed by atoms with Gasteiger partial charge in [-0.25, -0.2) is 0 Å². The summed E-state index contributed by atoms with van der Waals surface area (Å²) in [5.41, 5.74) is 0. The van der Waals surface area contributed by atoms with Crippen molar-refractivity contribution in [1.29, 1.82) is 0 Å². The van der Waals surface area contributed by atoms with Crippen LogP contribution >= 0.6 is 0 Å². The molecule has 1 aliphatic heterocycles. The number of hydrogen-bond donors (Lipinski definition) is 1. The van der Waals surface area contributed by atoms with Gasteiger partial charge in [0.25, 0.3) is 0 Å². The number of rotatable bonds is 1. The van der Waals surface area contributed by atoms with Crippen LogP contribution in [0.25, 0.3) is 0 Å². The maximum atomic E-state index is 10.6. The van der Waals surface area contributed by atoms with E-state index in [1.807, 2.05) is 0 Å². The highest BCUT2D eigenvalue weighted by Crippen LogP contribution is 2.07. The molecule has 0 aliphatic carbocycles. The third kappa shape index (κ3) is 1.70. The predicted molar refractivity (Wildman–Crippen MR) is 37.6 cm³/mol. The third-order valence-electron chi connectivity index (χ3n) is 1.67. The molecule has 1 atom stereocenters. The van der Waals surface area contributed by atoms with Crippen LogP contribution in [0.2, 0.25) is 0 Å². The Morgan fingerprint density at radius 2 is 2.40 bits per heavy atom. The van der Waals surface area contributed by atoms with Gasteiger partial charge in [0.2, 0.25) is 5.91 Å². The van der Waals surface area contributed by atoms with Gasteiger partial charge in [-0.15, -0.1) is 0 Å². The first kappa shape index (κ1) is 7.54. The molecule has 1 aliphatic rings. The van der Waals surface area contributed by atoms with Crippen LogP contribution in [0.5, 0.6) is 0 Å². The summed E-state index contributed by atoms with van der Waals surface area (Å²) in [6.07, 6.45) is 0.206. The van der Waals surface area contributed by atoms with Crippen LogP contribution in [0.3, 0.4) is 0 Å². The minimum Gasteiger partial charge on any atom is -0.366 e. The van der Waals surface area contributed by atoms with Gasteiger partial charge >= 0.3 is 0 Å². The lowest BCUT2D eigenvalue weighted by Gasteiger charge is -2.25. The maximum Gasteiger partial charge on any atom is 0.246 e. The standard InChI is InChI=1S/C7H13NO2/c1-5(2)6-3-8-7(9)4-10-6/h5-6H,3-4H2,1-2H3,(H,8,9). The van der Waals surface area contributed by atoms with Gasteiger partial charge in [0.05, 0.1) is 6.10 Å². The number of carbonyl (C=O) groups excluding carboxylic acids is 1. The summed E-state index contributed by atoms with van der Waals surface area (Å²) in [5, 5.41) is 2.75. The van der Waals surface area contributed by atoms with E-state index in [1.54, 1.807) is 0 Å². The lowest BCUT2D eigenvalue weighted by atomic mass is 10.1. The highest BCUT2D eigenvalue weighted by Gasteiger charge is 2.20. The quantitative estimate of drug-likeness (QED) is 0.567. The summed E-state index contributed by atoms with van der Waals surface area (Å²) in [4.78, 5) is 10.6. The molecular weight excluding hydrogens is 130 g/mol. The van der Waals surface area contributed by atoms with Gasteiger partial charge in [0.15, 0.2) is 0 Å². The van der Waals surface area contributed by atoms with Gasteiger partial charge < -0.3 is 10.1 Å². The fourth-order valence-corrected chi connectivity index (χ4v) is 0.935. The normalized spacial score (nSPS) is 26.7. The fourth-order valence-electron chi connectivity index (χ4n) is 0.935. The second kappa shape index (κ2) is 3.01. The Bertz CT molecular complexity index is 124. The third-order valence-corrected chi connectivity index (χ3v) is 1.67. The van der Waals surface area contributed by atoms with Crippen LogP contribution in [0.1, 0.15) is 13.8 Å². The van der Waals surface area contributed by atoms with Crippen molar-refractivity contribution in [1.82, 2.24) is 5.32 Å². The van der Waals surface area contributed by atoms with Gasteiger partial charge in [0, 0.05) is 6.54 Å². The molecule has 1 rings (SSSR count). The summed E-state index contributed by atoms with van der Waals surface area (Å²) >= 11 is 0. The Kier molecular flexibility index (Phi) is 2.27. The summed E-state index contributed by atoms with van der Waals surface area (Å²) in [6.45, 7) is 5.06. The zero-order chi connectivity index (χ0) is 7.56. The zero-order valence-electron chi connectivity index (χ0n) is 6.39. The topological polar surface area (TPSA) is 38.3 Å². The number of carbonyl (C=O) groups is 1. The minimum atomic E-state index is -0.00287. The van der Waals surface area contributed by atoms with E-state index in [-0.39, 0.29) is 18.6 Å². The Morgan fingerprint density at radius 1 is 1.70 bits per heavy atom. The predicted octanol–water partition coefficient (Wildman–Crippen LogP) is 0.157. The van der Waals surface area contributed by atoms with E-state index in [9.17, 15) is 4.79 Å². The van der Waals surface area contributed by atoms with E-state index in [2.05, 4.69) is 19.2 Å². The Labute approximate surface area is 60.7 Å². The van der Waals surface area contributed by atoms with Gasteiger partial charge in [-0.3, -0.25) is 4.79 Å². The number of morpholine rings is 1. The van der Waals surface area contributed by atoms with Crippen molar-refractivity contribution in [2.24, 2.45) is 5.92 Å². The largest absolute Gasteiger partial charge is 0.366 e. The maximum absolute atomic E-state index is 10.6. The van der Waals surface area contributed by atoms with E-state index < -0.39 is 0 Å². The van der Waals surface area contributed by atoms with Crippen molar-refractivity contribution in [3.63, 3.8) is 0 Å². The van der Waals surface area contributed by atoms with Crippen LogP contribution in [0.4, 0.5) is 0 Å². The molecule has 0 aromatic rings. The molecule has 0 aromatic carbocycles. The van der Waals surface area contributed by atoms with Crippen LogP contribution in [0, 0.1) is 5.92 Å². The van der Waals surface area contributed by atoms with Crippen molar-refractivity contribution in [3.05, 3.63) is 0 Å². The molecule has 1 unspecified atom stereocenters. The Balaban J connectivity index is 2.33. The Hall–Kier alpha value is -0.570. The molecule has 3 heteroatoms. The first-order chi connectivity index (χ1) is 4.70. The van der Waals surface area contributed by atoms with E-state index in [4.69, 9.17) is 4.74 Å². The van der Waals surface area contributed by atoms with Crippen LogP contribution in [0.15, 0.2) is 0 Å². The molecule has 0 bridgehead atoms. The van der Waals surface area contributed by atoms with Crippen LogP contribution in [-0.2, 0) is 9.53 Å². The molecule has 1 fully saturated rings. The molecule has 1 amide bonds. The fraction of sp³-hybridized carbons (Fsp3) is 0.857. The molecule has 58 valence electrons. The van der Waals surface area contributed by atoms with E-state index in [0.717, 1.165) is 0 Å². The molecule has 1 saturated heterocycles. The van der Waals surface area contributed by atoms with Crippen molar-refractivity contribution < 1.29 is 9.53 Å². The number of hydrogen-bond acceptors (Lipinski definition) is 2. The second-order valence-electron chi connectivity index (χ2n) is 2.90. The lowest BCUT2D eigenvalue weighted by Crippen LogP contribution is -2.45. The molecule has 0 saturated carbocycles. The van der Waals surface area contributed by atoms with E-state index >= 15 is 0 Å². The summed E-state index contributed by atoms with van der Waals surface area (Å²) < 4.78 is 5.24. The average Bonchev–Trinajstić information content (AvgIpc) is 1.88. The monoisotopic (exact) mass is 143 g/mol. The lowest BCUT2D eigenvalue weighted by molar-refractivity contribution is -0.134. The number of amides is 1. The molecule has 0 radical (unpaired) electrons. The van der Waals surface area contributed by atoms with E-state index in [1.165, 1.54) is 0 Å². The number of ether oxygens (including phenoxy) is 1. The first-order valence-electron chi connectivity index (χ1n) is 3.58. The SMILES string of the molecule is CC(C)C1CNC(=O)CO1. The number of nitrogens with one attached hydrogen (secondary N) is 1. The Morgan fingerprint density at radius 3 is 2.80 bits per heavy atom. The molecule has 1 N–H and O–H groups in total. The smallest absolute Gasteiger partial charge is 0.246 e.